The summed E-state index contributed by atoms with van der Waals surface area (Å²) in [6.07, 6.45) is 1.93. The standard InChI is InChI=1S/C13H17N3O4/c1-7-8(2)14-15-11(17)10(7)12(18)16-6-4-3-5-9(16)13(19)20/h9H,3-6H2,1-2H3,(H,15,17)(H,19,20)/t9-/m0/s1. The molecular weight excluding hydrogens is 262 g/mol. The molecule has 1 saturated heterocycles. The van der Waals surface area contributed by atoms with Crippen LogP contribution in [-0.2, 0) is 4.79 Å². The highest BCUT2D eigenvalue weighted by molar-refractivity contribution is 5.97. The second-order valence-corrected chi connectivity index (χ2v) is 4.99. The van der Waals surface area contributed by atoms with Crippen molar-refractivity contribution in [2.24, 2.45) is 0 Å². The molecule has 1 aliphatic heterocycles. The number of aromatic amines is 1. The minimum atomic E-state index is -1.03. The molecule has 1 aromatic heterocycles. The van der Waals surface area contributed by atoms with Crippen molar-refractivity contribution in [3.8, 4) is 0 Å². The maximum Gasteiger partial charge on any atom is 0.326 e. The van der Waals surface area contributed by atoms with Crippen molar-refractivity contribution in [2.75, 3.05) is 6.54 Å². The fourth-order valence-electron chi connectivity index (χ4n) is 2.46. The Kier molecular flexibility index (Phi) is 3.87. The molecule has 0 saturated carbocycles. The lowest BCUT2D eigenvalue weighted by molar-refractivity contribution is -0.143. The van der Waals surface area contributed by atoms with E-state index >= 15 is 0 Å². The van der Waals surface area contributed by atoms with Gasteiger partial charge in [-0.05, 0) is 38.7 Å². The average Bonchev–Trinajstić information content (AvgIpc) is 2.43. The van der Waals surface area contributed by atoms with Crippen molar-refractivity contribution >= 4 is 11.9 Å². The predicted octanol–water partition coefficient (Wildman–Crippen LogP) is 0.466. The number of aliphatic carboxylic acids is 1. The van der Waals surface area contributed by atoms with E-state index in [0.717, 1.165) is 12.8 Å². The van der Waals surface area contributed by atoms with Crippen LogP contribution in [0.25, 0.3) is 0 Å². The number of nitrogens with one attached hydrogen (secondary N) is 1. The Hall–Kier alpha value is -2.18. The van der Waals surface area contributed by atoms with Crippen molar-refractivity contribution in [1.29, 1.82) is 0 Å². The van der Waals surface area contributed by atoms with Crippen LogP contribution < -0.4 is 5.56 Å². The maximum atomic E-state index is 12.5. The van der Waals surface area contributed by atoms with Crippen molar-refractivity contribution in [3.63, 3.8) is 0 Å². The number of carbonyl (C=O) groups is 2. The molecule has 1 atom stereocenters. The van der Waals surface area contributed by atoms with E-state index in [2.05, 4.69) is 10.2 Å². The number of rotatable bonds is 2. The smallest absolute Gasteiger partial charge is 0.326 e. The topological polar surface area (TPSA) is 103 Å². The number of carboxylic acid groups (broad SMARTS) is 1. The zero-order valence-electron chi connectivity index (χ0n) is 11.5. The Bertz CT molecular complexity index is 608. The number of aryl methyl sites for hydroxylation is 1. The van der Waals surface area contributed by atoms with Crippen molar-refractivity contribution in [3.05, 3.63) is 27.2 Å². The third-order valence-corrected chi connectivity index (χ3v) is 3.73. The second-order valence-electron chi connectivity index (χ2n) is 4.99. The first-order valence-electron chi connectivity index (χ1n) is 6.53. The van der Waals surface area contributed by atoms with Crippen LogP contribution in [0, 0.1) is 13.8 Å². The molecule has 1 fully saturated rings. The molecule has 7 nitrogen and oxygen atoms in total. The third-order valence-electron chi connectivity index (χ3n) is 3.73. The van der Waals surface area contributed by atoms with Crippen molar-refractivity contribution in [2.45, 2.75) is 39.2 Å². The van der Waals surface area contributed by atoms with Gasteiger partial charge in [0.25, 0.3) is 11.5 Å². The monoisotopic (exact) mass is 279 g/mol. The van der Waals surface area contributed by atoms with E-state index in [0.29, 0.717) is 24.2 Å². The number of hydrogen-bond donors (Lipinski definition) is 2. The van der Waals surface area contributed by atoms with Crippen molar-refractivity contribution in [1.82, 2.24) is 15.1 Å². The molecule has 1 amide bonds. The van der Waals surface area contributed by atoms with Gasteiger partial charge in [-0.1, -0.05) is 0 Å². The van der Waals surface area contributed by atoms with Gasteiger partial charge in [0.05, 0.1) is 5.69 Å². The summed E-state index contributed by atoms with van der Waals surface area (Å²) in [6, 6.07) is -0.858. The summed E-state index contributed by atoms with van der Waals surface area (Å²) in [6.45, 7) is 3.69. The minimum absolute atomic E-state index is 0.00866. The molecule has 108 valence electrons. The first-order chi connectivity index (χ1) is 9.43. The summed E-state index contributed by atoms with van der Waals surface area (Å²) >= 11 is 0. The highest BCUT2D eigenvalue weighted by Crippen LogP contribution is 2.20. The average molecular weight is 279 g/mol. The van der Waals surface area contributed by atoms with E-state index in [-0.39, 0.29) is 5.56 Å². The highest BCUT2D eigenvalue weighted by atomic mass is 16.4. The van der Waals surface area contributed by atoms with Crippen LogP contribution in [0.2, 0.25) is 0 Å². The molecule has 1 aliphatic rings. The molecule has 0 radical (unpaired) electrons. The molecule has 20 heavy (non-hydrogen) atoms. The summed E-state index contributed by atoms with van der Waals surface area (Å²) in [5.74, 6) is -1.56. The number of carbonyl (C=O) groups excluding carboxylic acids is 1. The summed E-state index contributed by atoms with van der Waals surface area (Å²) in [5, 5.41) is 15.3. The second kappa shape index (κ2) is 5.44. The van der Waals surface area contributed by atoms with E-state index in [1.165, 1.54) is 4.90 Å². The van der Waals surface area contributed by atoms with Crippen LogP contribution in [0.5, 0.6) is 0 Å². The molecule has 7 heteroatoms. The van der Waals surface area contributed by atoms with Crippen LogP contribution in [0.3, 0.4) is 0 Å². The number of nitrogens with zero attached hydrogens (tertiary/aromatic N) is 2. The molecule has 0 aromatic carbocycles. The number of likely N-dealkylation sites (tertiary alicyclic amines) is 1. The normalized spacial score (nSPS) is 18.9. The van der Waals surface area contributed by atoms with Gasteiger partial charge in [0.1, 0.15) is 11.6 Å². The highest BCUT2D eigenvalue weighted by Gasteiger charge is 2.34. The quantitative estimate of drug-likeness (QED) is 0.818. The Balaban J connectivity index is 2.42. The molecule has 2 rings (SSSR count). The van der Waals surface area contributed by atoms with Gasteiger partial charge in [-0.3, -0.25) is 9.59 Å². The summed E-state index contributed by atoms with van der Waals surface area (Å²) in [7, 11) is 0. The first-order valence-corrected chi connectivity index (χ1v) is 6.53. The number of H-pyrrole nitrogens is 1. The van der Waals surface area contributed by atoms with E-state index in [4.69, 9.17) is 0 Å². The van der Waals surface area contributed by atoms with Crippen LogP contribution in [-0.4, -0.2) is 44.7 Å². The van der Waals surface area contributed by atoms with Gasteiger partial charge in [-0.15, -0.1) is 0 Å². The molecule has 1 aromatic rings. The lowest BCUT2D eigenvalue weighted by Crippen LogP contribution is -2.49. The Morgan fingerprint density at radius 2 is 2.05 bits per heavy atom. The molecule has 0 bridgehead atoms. The Morgan fingerprint density at radius 3 is 2.70 bits per heavy atom. The van der Waals surface area contributed by atoms with Crippen molar-refractivity contribution < 1.29 is 14.7 Å². The van der Waals surface area contributed by atoms with Crippen LogP contribution >= 0.6 is 0 Å². The third kappa shape index (κ3) is 2.43. The SMILES string of the molecule is Cc1n[nH]c(=O)c(C(=O)N2CCCC[C@H]2C(=O)O)c1C. The predicted molar refractivity (Wildman–Crippen MR) is 70.6 cm³/mol. The van der Waals surface area contributed by atoms with Gasteiger partial charge < -0.3 is 10.0 Å². The molecule has 2 N–H and O–H groups in total. The lowest BCUT2D eigenvalue weighted by Gasteiger charge is -2.33. The summed E-state index contributed by atoms with van der Waals surface area (Å²) in [5.41, 5.74) is 0.462. The zero-order chi connectivity index (χ0) is 14.9. The number of aromatic nitrogens is 2. The number of amides is 1. The van der Waals surface area contributed by atoms with E-state index < -0.39 is 23.5 Å². The van der Waals surface area contributed by atoms with E-state index in [9.17, 15) is 19.5 Å². The van der Waals surface area contributed by atoms with Gasteiger partial charge in [0.2, 0.25) is 0 Å². The Labute approximate surface area is 115 Å². The van der Waals surface area contributed by atoms with Gasteiger partial charge in [-0.25, -0.2) is 9.89 Å². The van der Waals surface area contributed by atoms with Gasteiger partial charge >= 0.3 is 5.97 Å². The molecule has 0 aliphatic carbocycles. The maximum absolute atomic E-state index is 12.5. The number of piperidine rings is 1. The minimum Gasteiger partial charge on any atom is -0.480 e. The number of hydrogen-bond acceptors (Lipinski definition) is 4. The van der Waals surface area contributed by atoms with E-state index in [1.54, 1.807) is 13.8 Å². The number of carboxylic acids is 1. The fourth-order valence-corrected chi connectivity index (χ4v) is 2.46. The van der Waals surface area contributed by atoms with Crippen LogP contribution in [0.15, 0.2) is 4.79 Å². The summed E-state index contributed by atoms with van der Waals surface area (Å²) < 4.78 is 0. The molecule has 0 spiro atoms. The zero-order valence-corrected chi connectivity index (χ0v) is 11.5. The largest absolute Gasteiger partial charge is 0.480 e. The van der Waals surface area contributed by atoms with Gasteiger partial charge in [0.15, 0.2) is 0 Å². The molecule has 0 unspecified atom stereocenters. The fraction of sp³-hybridized carbons (Fsp3) is 0.538. The van der Waals surface area contributed by atoms with Crippen LogP contribution in [0.1, 0.15) is 40.9 Å². The molecular formula is C13H17N3O4. The summed E-state index contributed by atoms with van der Waals surface area (Å²) in [4.78, 5) is 36.9. The Morgan fingerprint density at radius 1 is 1.35 bits per heavy atom. The first kappa shape index (κ1) is 14.2. The van der Waals surface area contributed by atoms with Gasteiger partial charge in [-0.2, -0.15) is 5.10 Å². The van der Waals surface area contributed by atoms with E-state index in [1.807, 2.05) is 0 Å². The van der Waals surface area contributed by atoms with Gasteiger partial charge in [0, 0.05) is 6.54 Å². The lowest BCUT2D eigenvalue weighted by atomic mass is 10.00. The van der Waals surface area contributed by atoms with Crippen LogP contribution in [0.4, 0.5) is 0 Å². The molecule has 2 heterocycles.